The van der Waals surface area contributed by atoms with Crippen molar-refractivity contribution < 1.29 is 28.8 Å². The number of ether oxygens (including phenoxy) is 5. The summed E-state index contributed by atoms with van der Waals surface area (Å²) < 4.78 is 28.1. The molecule has 29 heavy (non-hydrogen) atoms. The van der Waals surface area contributed by atoms with Crippen molar-refractivity contribution in [2.45, 2.75) is 58.6 Å². The summed E-state index contributed by atoms with van der Waals surface area (Å²) in [6, 6.07) is 0.0833. The van der Waals surface area contributed by atoms with Gasteiger partial charge in [-0.1, -0.05) is 27.7 Å². The lowest BCUT2D eigenvalue weighted by Crippen LogP contribution is -2.54. The molecule has 0 aromatic carbocycles. The van der Waals surface area contributed by atoms with Crippen LogP contribution in [0.1, 0.15) is 47.0 Å². The Morgan fingerprint density at radius 2 is 1.03 bits per heavy atom. The highest BCUT2D eigenvalue weighted by atomic mass is 16.6. The Morgan fingerprint density at radius 3 is 1.34 bits per heavy atom. The van der Waals surface area contributed by atoms with Crippen LogP contribution in [0.5, 0.6) is 0 Å². The molecule has 1 aliphatic rings. The van der Waals surface area contributed by atoms with Gasteiger partial charge in [0.05, 0.1) is 71.7 Å². The van der Waals surface area contributed by atoms with Gasteiger partial charge in [-0.3, -0.25) is 4.90 Å². The molecule has 0 amide bonds. The van der Waals surface area contributed by atoms with Gasteiger partial charge in [0.15, 0.2) is 0 Å². The Hall–Kier alpha value is -0.280. The molecule has 1 aliphatic heterocycles. The highest BCUT2D eigenvalue weighted by Gasteiger charge is 2.37. The van der Waals surface area contributed by atoms with E-state index in [1.807, 2.05) is 0 Å². The van der Waals surface area contributed by atoms with Gasteiger partial charge in [-0.05, 0) is 25.2 Å². The fourth-order valence-corrected chi connectivity index (χ4v) is 3.64. The van der Waals surface area contributed by atoms with Gasteiger partial charge in [-0.2, -0.15) is 0 Å². The van der Waals surface area contributed by atoms with Crippen molar-refractivity contribution in [2.75, 3.05) is 79.2 Å². The topological polar surface area (TPSA) is 69.6 Å². The van der Waals surface area contributed by atoms with Crippen molar-refractivity contribution in [3.8, 4) is 0 Å². The normalized spacial score (nSPS) is 22.1. The SMILES string of the molecule is CCC(O)(CC)[C@H](CC(C)C)N1CCOCCOCCOCCOCCOCC1. The first-order valence-electron chi connectivity index (χ1n) is 11.4. The van der Waals surface area contributed by atoms with Crippen LogP contribution in [0.25, 0.3) is 0 Å². The van der Waals surface area contributed by atoms with Crippen LogP contribution in [-0.4, -0.2) is 101 Å². The fourth-order valence-electron chi connectivity index (χ4n) is 3.64. The highest BCUT2D eigenvalue weighted by Crippen LogP contribution is 2.29. The molecule has 1 N–H and O–H groups in total. The molecule has 0 bridgehead atoms. The summed E-state index contributed by atoms with van der Waals surface area (Å²) in [5.41, 5.74) is -0.701. The first-order valence-corrected chi connectivity index (χ1v) is 11.4. The molecule has 0 aliphatic carbocycles. The van der Waals surface area contributed by atoms with Gasteiger partial charge in [0.1, 0.15) is 0 Å². The third kappa shape index (κ3) is 11.6. The van der Waals surface area contributed by atoms with Crippen molar-refractivity contribution in [2.24, 2.45) is 5.92 Å². The van der Waals surface area contributed by atoms with Crippen LogP contribution < -0.4 is 0 Å². The molecule has 0 aromatic rings. The van der Waals surface area contributed by atoms with Gasteiger partial charge in [0.25, 0.3) is 0 Å². The summed E-state index contributed by atoms with van der Waals surface area (Å²) in [6.07, 6.45) is 2.43. The van der Waals surface area contributed by atoms with Gasteiger partial charge in [0, 0.05) is 19.1 Å². The number of rotatable bonds is 6. The summed E-state index contributed by atoms with van der Waals surface area (Å²) in [5, 5.41) is 11.3. The summed E-state index contributed by atoms with van der Waals surface area (Å²) in [5.74, 6) is 0.503. The highest BCUT2D eigenvalue weighted by molar-refractivity contribution is 4.92. The molecule has 1 fully saturated rings. The van der Waals surface area contributed by atoms with Gasteiger partial charge in [0.2, 0.25) is 0 Å². The Kier molecular flexibility index (Phi) is 15.1. The molecule has 1 saturated heterocycles. The minimum absolute atomic E-state index is 0.0833. The van der Waals surface area contributed by atoms with E-state index in [-0.39, 0.29) is 6.04 Å². The first-order chi connectivity index (χ1) is 14.0. The molecule has 0 aromatic heterocycles. The lowest BCUT2D eigenvalue weighted by Gasteiger charge is -2.43. The second kappa shape index (κ2) is 16.4. The van der Waals surface area contributed by atoms with E-state index in [0.29, 0.717) is 72.0 Å². The van der Waals surface area contributed by atoms with E-state index in [4.69, 9.17) is 23.7 Å². The number of hydrogen-bond acceptors (Lipinski definition) is 7. The molecule has 0 radical (unpaired) electrons. The van der Waals surface area contributed by atoms with Crippen LogP contribution >= 0.6 is 0 Å². The van der Waals surface area contributed by atoms with Crippen LogP contribution in [0.4, 0.5) is 0 Å². The van der Waals surface area contributed by atoms with Crippen LogP contribution in [-0.2, 0) is 23.7 Å². The van der Waals surface area contributed by atoms with Crippen molar-refractivity contribution in [3.63, 3.8) is 0 Å². The molecule has 1 rings (SSSR count). The van der Waals surface area contributed by atoms with Crippen molar-refractivity contribution in [3.05, 3.63) is 0 Å². The van der Waals surface area contributed by atoms with Gasteiger partial charge >= 0.3 is 0 Å². The van der Waals surface area contributed by atoms with Gasteiger partial charge in [-0.15, -0.1) is 0 Å². The van der Waals surface area contributed by atoms with Crippen LogP contribution in [0.2, 0.25) is 0 Å². The van der Waals surface area contributed by atoms with E-state index in [2.05, 4.69) is 32.6 Å². The monoisotopic (exact) mass is 419 g/mol. The molecule has 1 atom stereocenters. The van der Waals surface area contributed by atoms with E-state index >= 15 is 0 Å². The second-order valence-electron chi connectivity index (χ2n) is 8.05. The average molecular weight is 420 g/mol. The summed E-state index contributed by atoms with van der Waals surface area (Å²) >= 11 is 0. The van der Waals surface area contributed by atoms with E-state index in [1.165, 1.54) is 0 Å². The molecular weight excluding hydrogens is 374 g/mol. The largest absolute Gasteiger partial charge is 0.388 e. The summed E-state index contributed by atoms with van der Waals surface area (Å²) in [6.45, 7) is 15.8. The third-order valence-electron chi connectivity index (χ3n) is 5.51. The predicted molar refractivity (Wildman–Crippen MR) is 114 cm³/mol. The molecule has 0 saturated carbocycles. The number of nitrogens with zero attached hydrogens (tertiary/aromatic N) is 1. The first kappa shape index (κ1) is 26.8. The third-order valence-corrected chi connectivity index (χ3v) is 5.51. The van der Waals surface area contributed by atoms with Crippen molar-refractivity contribution in [1.82, 2.24) is 4.90 Å². The van der Waals surface area contributed by atoms with Crippen LogP contribution in [0.3, 0.4) is 0 Å². The van der Waals surface area contributed by atoms with Crippen LogP contribution in [0, 0.1) is 5.92 Å². The lowest BCUT2D eigenvalue weighted by molar-refractivity contribution is -0.0767. The average Bonchev–Trinajstić information content (AvgIpc) is 2.71. The minimum atomic E-state index is -0.701. The summed E-state index contributed by atoms with van der Waals surface area (Å²) in [7, 11) is 0. The quantitative estimate of drug-likeness (QED) is 0.709. The Labute approximate surface area is 178 Å². The Morgan fingerprint density at radius 1 is 0.690 bits per heavy atom. The van der Waals surface area contributed by atoms with E-state index in [0.717, 1.165) is 32.4 Å². The van der Waals surface area contributed by atoms with Gasteiger partial charge < -0.3 is 28.8 Å². The second-order valence-corrected chi connectivity index (χ2v) is 8.05. The zero-order chi connectivity index (χ0) is 21.4. The maximum Gasteiger partial charge on any atom is 0.0797 e. The molecule has 174 valence electrons. The molecule has 7 heteroatoms. The smallest absolute Gasteiger partial charge is 0.0797 e. The zero-order valence-electron chi connectivity index (χ0n) is 19.2. The molecule has 1 heterocycles. The Balaban J connectivity index is 2.71. The fraction of sp³-hybridized carbons (Fsp3) is 1.00. The summed E-state index contributed by atoms with van der Waals surface area (Å²) in [4.78, 5) is 2.35. The van der Waals surface area contributed by atoms with Crippen LogP contribution in [0.15, 0.2) is 0 Å². The standard InChI is InChI=1S/C22H45NO6/c1-5-22(24,6-2)21(19-20(3)4)23-7-9-25-11-13-27-15-17-29-18-16-28-14-12-26-10-8-23/h20-21,24H,5-19H2,1-4H3/t21-/m0/s1. The molecular formula is C22H45NO6. The molecule has 0 spiro atoms. The lowest BCUT2D eigenvalue weighted by atomic mass is 9.82. The molecule has 7 nitrogen and oxygen atoms in total. The van der Waals surface area contributed by atoms with E-state index < -0.39 is 5.60 Å². The van der Waals surface area contributed by atoms with Crippen molar-refractivity contribution >= 4 is 0 Å². The molecule has 0 unspecified atom stereocenters. The predicted octanol–water partition coefficient (Wildman–Crippen LogP) is 2.35. The van der Waals surface area contributed by atoms with Gasteiger partial charge in [-0.25, -0.2) is 0 Å². The maximum absolute atomic E-state index is 11.3. The number of aliphatic hydroxyl groups is 1. The number of hydrogen-bond donors (Lipinski definition) is 1. The van der Waals surface area contributed by atoms with E-state index in [9.17, 15) is 5.11 Å². The van der Waals surface area contributed by atoms with Crippen molar-refractivity contribution in [1.29, 1.82) is 0 Å². The Bertz CT molecular complexity index is 360. The van der Waals surface area contributed by atoms with E-state index in [1.54, 1.807) is 0 Å². The maximum atomic E-state index is 11.3. The zero-order valence-corrected chi connectivity index (χ0v) is 19.2. The minimum Gasteiger partial charge on any atom is -0.388 e.